The van der Waals surface area contributed by atoms with Crippen LogP contribution in [0.5, 0.6) is 5.88 Å². The smallest absolute Gasteiger partial charge is 0.304 e. The number of fused-ring (bicyclic) bond motifs is 3. The number of hydrogen-bond acceptors (Lipinski definition) is 8. The quantitative estimate of drug-likeness (QED) is 0.217. The zero-order valence-corrected chi connectivity index (χ0v) is 26.6. The Balaban J connectivity index is 1.37. The van der Waals surface area contributed by atoms with E-state index in [0.717, 1.165) is 51.5 Å². The minimum absolute atomic E-state index is 0.0218. The first kappa shape index (κ1) is 29.7. The second-order valence-electron chi connectivity index (χ2n) is 11.9. The largest absolute Gasteiger partial charge is 0.481 e. The molecular weight excluding hydrogens is 618 g/mol. The van der Waals surface area contributed by atoms with Crippen molar-refractivity contribution in [2.75, 3.05) is 6.54 Å². The molecule has 1 aliphatic carbocycles. The molecule has 2 aliphatic rings. The minimum Gasteiger partial charge on any atom is -0.481 e. The lowest BCUT2D eigenvalue weighted by atomic mass is 9.83. The molecule has 3 aromatic heterocycles. The molecule has 2 aromatic carbocycles. The number of benzene rings is 2. The van der Waals surface area contributed by atoms with Crippen molar-refractivity contribution in [3.63, 3.8) is 0 Å². The van der Waals surface area contributed by atoms with Crippen molar-refractivity contribution in [3.05, 3.63) is 75.6 Å². The van der Waals surface area contributed by atoms with E-state index in [1.165, 1.54) is 16.6 Å². The van der Waals surface area contributed by atoms with Crippen LogP contribution in [0.2, 0.25) is 5.02 Å². The van der Waals surface area contributed by atoms with Gasteiger partial charge in [0, 0.05) is 36.7 Å². The maximum absolute atomic E-state index is 14.0. The average molecular weight is 650 g/mol. The van der Waals surface area contributed by atoms with Crippen molar-refractivity contribution in [2.45, 2.75) is 68.9 Å². The Bertz CT molecular complexity index is 2090. The van der Waals surface area contributed by atoms with E-state index in [0.29, 0.717) is 23.5 Å². The highest BCUT2D eigenvalue weighted by atomic mass is 35.5. The van der Waals surface area contributed by atoms with Gasteiger partial charge >= 0.3 is 5.97 Å². The van der Waals surface area contributed by atoms with Gasteiger partial charge in [0.1, 0.15) is 22.1 Å². The SMILES string of the molecule is CC[C@@H]1CN(Cc2cc(C(CC(=O)O)c3cc(C4CC4)c4c(nnn4C)c3C)cc3ccoc23)S(=O)(=O)c2cc(Cl)cnc2O1. The topological polar surface area (TPSA) is 141 Å². The standard InChI is InChI=1S/C32H32ClN5O6S/c1-4-23-16-38(45(41,42)27-11-22(33)14-34-32(27)44-23)15-21-10-20(9-19-7-8-43-31(19)21)25(13-28(39)40)24-12-26(18-5-6-18)30-29(17(24)2)35-36-37(30)3/h7-12,14,18,23,25H,4-6,13,15-16H2,1-3H3,(H,39,40)/t23-,25?/m1/s1. The second kappa shape index (κ2) is 11.1. The molecule has 1 unspecified atom stereocenters. The maximum Gasteiger partial charge on any atom is 0.304 e. The molecule has 45 heavy (non-hydrogen) atoms. The fourth-order valence-corrected chi connectivity index (χ4v) is 8.23. The number of ether oxygens (including phenoxy) is 1. The molecular formula is C32H32ClN5O6S. The molecule has 1 saturated carbocycles. The molecule has 5 aromatic rings. The lowest BCUT2D eigenvalue weighted by Crippen LogP contribution is -2.36. The summed E-state index contributed by atoms with van der Waals surface area (Å²) in [4.78, 5) is 16.4. The number of aliphatic carboxylic acids is 1. The molecule has 2 atom stereocenters. The number of hydrogen-bond donors (Lipinski definition) is 1. The number of halogens is 1. The number of carboxylic acids is 1. The average Bonchev–Trinajstić information content (AvgIpc) is 3.63. The van der Waals surface area contributed by atoms with Crippen LogP contribution in [-0.2, 0) is 28.4 Å². The van der Waals surface area contributed by atoms with E-state index in [9.17, 15) is 18.3 Å². The lowest BCUT2D eigenvalue weighted by molar-refractivity contribution is -0.137. The van der Waals surface area contributed by atoms with E-state index >= 15 is 0 Å². The van der Waals surface area contributed by atoms with E-state index in [1.807, 2.05) is 39.1 Å². The number of furan rings is 1. The van der Waals surface area contributed by atoms with Crippen molar-refractivity contribution in [3.8, 4) is 5.88 Å². The van der Waals surface area contributed by atoms with Crippen molar-refractivity contribution < 1.29 is 27.5 Å². The molecule has 11 nitrogen and oxygen atoms in total. The van der Waals surface area contributed by atoms with Crippen LogP contribution in [0.25, 0.3) is 22.0 Å². The summed E-state index contributed by atoms with van der Waals surface area (Å²) in [6.07, 6.45) is 5.01. The van der Waals surface area contributed by atoms with E-state index in [4.69, 9.17) is 20.8 Å². The van der Waals surface area contributed by atoms with Gasteiger partial charge in [-0.25, -0.2) is 18.1 Å². The first-order valence-electron chi connectivity index (χ1n) is 14.9. The molecule has 0 spiro atoms. The summed E-state index contributed by atoms with van der Waals surface area (Å²) in [5.74, 6) is -1.07. The summed E-state index contributed by atoms with van der Waals surface area (Å²) in [6, 6.07) is 9.09. The number of nitrogens with zero attached hydrogens (tertiary/aromatic N) is 5. The van der Waals surface area contributed by atoms with Crippen LogP contribution in [-0.4, -0.2) is 56.4 Å². The number of aryl methyl sites for hydroxylation is 2. The molecule has 1 aliphatic heterocycles. The van der Waals surface area contributed by atoms with Gasteiger partial charge in [0.05, 0.1) is 29.8 Å². The van der Waals surface area contributed by atoms with Crippen molar-refractivity contribution >= 4 is 49.6 Å². The minimum atomic E-state index is -4.07. The first-order chi connectivity index (χ1) is 21.5. The highest BCUT2D eigenvalue weighted by Gasteiger charge is 2.37. The van der Waals surface area contributed by atoms with Crippen molar-refractivity contribution in [1.82, 2.24) is 24.3 Å². The van der Waals surface area contributed by atoms with Crippen LogP contribution in [0.1, 0.15) is 72.3 Å². The van der Waals surface area contributed by atoms with Crippen LogP contribution in [0.15, 0.2) is 52.1 Å². The molecule has 0 radical (unpaired) electrons. The van der Waals surface area contributed by atoms with Gasteiger partial charge < -0.3 is 14.3 Å². The van der Waals surface area contributed by atoms with E-state index in [2.05, 4.69) is 21.4 Å². The number of carbonyl (C=O) groups is 1. The fourth-order valence-electron chi connectivity index (χ4n) is 6.46. The van der Waals surface area contributed by atoms with Gasteiger partial charge in [0.15, 0.2) is 0 Å². The normalized spacial score (nSPS) is 18.9. The lowest BCUT2D eigenvalue weighted by Gasteiger charge is -2.24. The molecule has 234 valence electrons. The summed E-state index contributed by atoms with van der Waals surface area (Å²) < 4.78 is 43.0. The van der Waals surface area contributed by atoms with Gasteiger partial charge in [-0.05, 0) is 72.6 Å². The van der Waals surface area contributed by atoms with E-state index in [1.54, 1.807) is 10.9 Å². The highest BCUT2D eigenvalue weighted by Crippen LogP contribution is 2.46. The molecule has 4 heterocycles. The van der Waals surface area contributed by atoms with E-state index < -0.39 is 28.0 Å². The predicted molar refractivity (Wildman–Crippen MR) is 167 cm³/mol. The monoisotopic (exact) mass is 649 g/mol. The third-order valence-electron chi connectivity index (χ3n) is 8.91. The molecule has 0 bridgehead atoms. The van der Waals surface area contributed by atoms with Crippen molar-refractivity contribution in [2.24, 2.45) is 7.05 Å². The number of aromatic nitrogens is 4. The summed E-state index contributed by atoms with van der Waals surface area (Å²) in [6.45, 7) is 3.94. The Kier molecular flexibility index (Phi) is 7.33. The Morgan fingerprint density at radius 2 is 2.02 bits per heavy atom. The summed E-state index contributed by atoms with van der Waals surface area (Å²) in [5.41, 5.74) is 6.52. The molecule has 0 saturated heterocycles. The second-order valence-corrected chi connectivity index (χ2v) is 14.3. The zero-order valence-electron chi connectivity index (χ0n) is 25.0. The van der Waals surface area contributed by atoms with Gasteiger partial charge in [-0.3, -0.25) is 4.79 Å². The highest BCUT2D eigenvalue weighted by molar-refractivity contribution is 7.89. The predicted octanol–water partition coefficient (Wildman–Crippen LogP) is 5.92. The van der Waals surface area contributed by atoms with Gasteiger partial charge in [0.25, 0.3) is 0 Å². The Morgan fingerprint density at radius 3 is 2.76 bits per heavy atom. The summed E-state index contributed by atoms with van der Waals surface area (Å²) in [5, 5.41) is 19.8. The van der Waals surface area contributed by atoms with Crippen LogP contribution in [0.3, 0.4) is 0 Å². The van der Waals surface area contributed by atoms with E-state index in [-0.39, 0.29) is 35.3 Å². The van der Waals surface area contributed by atoms with Crippen molar-refractivity contribution in [1.29, 1.82) is 0 Å². The Morgan fingerprint density at radius 1 is 1.22 bits per heavy atom. The van der Waals surface area contributed by atoms with Crippen LogP contribution in [0, 0.1) is 6.92 Å². The first-order valence-corrected chi connectivity index (χ1v) is 16.7. The molecule has 0 amide bonds. The third-order valence-corrected chi connectivity index (χ3v) is 10.9. The van der Waals surface area contributed by atoms with Crippen LogP contribution < -0.4 is 4.74 Å². The van der Waals surface area contributed by atoms with Gasteiger partial charge in [0.2, 0.25) is 15.9 Å². The Labute approximate surface area is 264 Å². The molecule has 7 rings (SSSR count). The fraction of sp³-hybridized carbons (Fsp3) is 0.375. The molecule has 1 fully saturated rings. The van der Waals surface area contributed by atoms with Crippen LogP contribution in [0.4, 0.5) is 0 Å². The molecule has 1 N–H and O–H groups in total. The molecule has 13 heteroatoms. The van der Waals surface area contributed by atoms with Gasteiger partial charge in [-0.1, -0.05) is 35.9 Å². The van der Waals surface area contributed by atoms with Gasteiger partial charge in [-0.2, -0.15) is 4.31 Å². The number of carboxylic acid groups (broad SMARTS) is 1. The maximum atomic E-state index is 14.0. The number of rotatable bonds is 8. The number of pyridine rings is 1. The number of sulfonamides is 1. The van der Waals surface area contributed by atoms with Gasteiger partial charge in [-0.15, -0.1) is 5.10 Å². The zero-order chi connectivity index (χ0) is 31.6. The summed E-state index contributed by atoms with van der Waals surface area (Å²) >= 11 is 6.17. The summed E-state index contributed by atoms with van der Waals surface area (Å²) in [7, 11) is -2.19. The van der Waals surface area contributed by atoms with Crippen LogP contribution >= 0.6 is 11.6 Å². The third kappa shape index (κ3) is 5.24. The Hall–Kier alpha value is -4.00.